The molecular weight excluding hydrogens is 370 g/mol. The number of hydrogen-bond acceptors (Lipinski definition) is 6. The number of Topliss-reactive ketones (excluding diaryl/α,β-unsaturated/α-hetero) is 1. The van der Waals surface area contributed by atoms with E-state index in [1.807, 2.05) is 30.3 Å². The highest BCUT2D eigenvalue weighted by molar-refractivity contribution is 6.06. The Bertz CT molecular complexity index is 803. The van der Waals surface area contributed by atoms with Crippen LogP contribution in [-0.4, -0.2) is 59.7 Å². The molecule has 6 heteroatoms. The monoisotopic (exact) mass is 399 g/mol. The number of aliphatic hydroxyl groups is 1. The van der Waals surface area contributed by atoms with Crippen molar-refractivity contribution in [2.45, 2.75) is 50.5 Å². The molecule has 3 unspecified atom stereocenters. The van der Waals surface area contributed by atoms with Gasteiger partial charge >= 0.3 is 5.97 Å². The molecule has 0 aromatic heterocycles. The molecule has 6 nitrogen and oxygen atoms in total. The lowest BCUT2D eigenvalue weighted by molar-refractivity contribution is -0.137. The van der Waals surface area contributed by atoms with Gasteiger partial charge in [0.25, 0.3) is 0 Å². The van der Waals surface area contributed by atoms with Gasteiger partial charge in [0.1, 0.15) is 0 Å². The molecule has 156 valence electrons. The van der Waals surface area contributed by atoms with Crippen LogP contribution < -0.4 is 0 Å². The van der Waals surface area contributed by atoms with E-state index in [9.17, 15) is 14.7 Å². The fourth-order valence-corrected chi connectivity index (χ4v) is 4.87. The molecule has 29 heavy (non-hydrogen) atoms. The van der Waals surface area contributed by atoms with Crippen LogP contribution in [0.5, 0.6) is 0 Å². The Morgan fingerprint density at radius 1 is 1.38 bits per heavy atom. The van der Waals surface area contributed by atoms with Crippen LogP contribution in [0, 0.1) is 0 Å². The number of fused-ring (bicyclic) bond motifs is 2. The van der Waals surface area contributed by atoms with Crippen molar-refractivity contribution in [1.29, 1.82) is 0 Å². The number of hydrogen-bond donors (Lipinski definition) is 1. The van der Waals surface area contributed by atoms with E-state index in [4.69, 9.17) is 9.47 Å². The number of piperidine rings is 1. The summed E-state index contributed by atoms with van der Waals surface area (Å²) < 4.78 is 11.2. The molecule has 2 bridgehead atoms. The second-order valence-corrected chi connectivity index (χ2v) is 7.68. The Morgan fingerprint density at radius 2 is 2.10 bits per heavy atom. The fraction of sp³-hybridized carbons (Fsp3) is 0.478. The lowest BCUT2D eigenvalue weighted by Gasteiger charge is -2.46. The first-order chi connectivity index (χ1) is 14.0. The topological polar surface area (TPSA) is 76.1 Å². The maximum Gasteiger partial charge on any atom is 0.333 e. The van der Waals surface area contributed by atoms with Crippen LogP contribution in [0.3, 0.4) is 0 Å². The van der Waals surface area contributed by atoms with Gasteiger partial charge in [0, 0.05) is 30.2 Å². The first-order valence-corrected chi connectivity index (χ1v) is 9.94. The Morgan fingerprint density at radius 3 is 2.72 bits per heavy atom. The predicted octanol–water partition coefficient (Wildman–Crippen LogP) is 2.42. The molecule has 2 aliphatic rings. The summed E-state index contributed by atoms with van der Waals surface area (Å²) >= 11 is 0. The summed E-state index contributed by atoms with van der Waals surface area (Å²) in [5, 5.41) is 9.70. The SMILES string of the molecule is C=CCC12CC(=O)/C(=C(/C)C(=O)OC)C(CC1OCc1ccccc1)N2CCO. The van der Waals surface area contributed by atoms with E-state index in [-0.39, 0.29) is 31.0 Å². The largest absolute Gasteiger partial charge is 0.466 e. The van der Waals surface area contributed by atoms with Crippen molar-refractivity contribution in [3.8, 4) is 0 Å². The summed E-state index contributed by atoms with van der Waals surface area (Å²) in [7, 11) is 1.31. The molecule has 3 rings (SSSR count). The molecule has 2 aliphatic heterocycles. The third-order valence-electron chi connectivity index (χ3n) is 6.11. The zero-order valence-corrected chi connectivity index (χ0v) is 17.1. The van der Waals surface area contributed by atoms with Crippen LogP contribution in [0.1, 0.15) is 31.7 Å². The van der Waals surface area contributed by atoms with E-state index in [2.05, 4.69) is 11.5 Å². The van der Waals surface area contributed by atoms with Crippen molar-refractivity contribution in [3.63, 3.8) is 0 Å². The van der Waals surface area contributed by atoms with Crippen LogP contribution >= 0.6 is 0 Å². The van der Waals surface area contributed by atoms with E-state index in [1.54, 1.807) is 13.0 Å². The van der Waals surface area contributed by atoms with Gasteiger partial charge in [-0.25, -0.2) is 4.79 Å². The maximum absolute atomic E-state index is 13.1. The zero-order valence-electron chi connectivity index (χ0n) is 17.1. The standard InChI is InChI=1S/C23H29NO5/c1-4-10-23-14-19(26)21(16(2)22(27)28-3)18(24(23)11-12-25)13-20(23)29-15-17-8-6-5-7-9-17/h4-9,18,20,25H,1,10-15H2,2-3H3/b21-16-. The molecule has 0 aliphatic carbocycles. The van der Waals surface area contributed by atoms with Crippen molar-refractivity contribution in [3.05, 3.63) is 59.7 Å². The third-order valence-corrected chi connectivity index (χ3v) is 6.11. The highest BCUT2D eigenvalue weighted by Crippen LogP contribution is 2.49. The maximum atomic E-state index is 13.1. The molecule has 3 atom stereocenters. The molecule has 1 N–H and O–H groups in total. The summed E-state index contributed by atoms with van der Waals surface area (Å²) in [6.07, 6.45) is 2.96. The number of carbonyl (C=O) groups is 2. The summed E-state index contributed by atoms with van der Waals surface area (Å²) in [6, 6.07) is 9.61. The molecule has 2 saturated heterocycles. The molecule has 0 amide bonds. The molecule has 0 saturated carbocycles. The average molecular weight is 399 g/mol. The van der Waals surface area contributed by atoms with Crippen molar-refractivity contribution in [2.24, 2.45) is 0 Å². The van der Waals surface area contributed by atoms with Gasteiger partial charge < -0.3 is 14.6 Å². The van der Waals surface area contributed by atoms with Gasteiger partial charge in [0.15, 0.2) is 5.78 Å². The molecule has 2 heterocycles. The summed E-state index contributed by atoms with van der Waals surface area (Å²) in [5.41, 5.74) is 1.31. The highest BCUT2D eigenvalue weighted by Gasteiger charge is 2.59. The van der Waals surface area contributed by atoms with Crippen LogP contribution in [-0.2, 0) is 25.7 Å². The van der Waals surface area contributed by atoms with E-state index in [0.29, 0.717) is 37.1 Å². The number of aliphatic hydroxyl groups excluding tert-OH is 1. The van der Waals surface area contributed by atoms with Gasteiger partial charge in [-0.3, -0.25) is 9.69 Å². The van der Waals surface area contributed by atoms with Crippen LogP contribution in [0.15, 0.2) is 54.1 Å². The van der Waals surface area contributed by atoms with Gasteiger partial charge in [0.2, 0.25) is 0 Å². The number of rotatable bonds is 8. The average Bonchev–Trinajstić information content (AvgIpc) is 2.92. The molecular formula is C23H29NO5. The second kappa shape index (κ2) is 9.03. The number of methoxy groups -OCH3 is 1. The third kappa shape index (κ3) is 3.92. The van der Waals surface area contributed by atoms with Crippen LogP contribution in [0.4, 0.5) is 0 Å². The lowest BCUT2D eigenvalue weighted by atomic mass is 9.80. The number of esters is 1. The van der Waals surface area contributed by atoms with Crippen molar-refractivity contribution in [2.75, 3.05) is 20.3 Å². The van der Waals surface area contributed by atoms with Crippen molar-refractivity contribution in [1.82, 2.24) is 4.90 Å². The molecule has 1 aromatic carbocycles. The van der Waals surface area contributed by atoms with Crippen LogP contribution in [0.25, 0.3) is 0 Å². The Kier molecular flexibility index (Phi) is 6.67. The number of ketones is 1. The minimum atomic E-state index is -0.569. The van der Waals surface area contributed by atoms with E-state index in [1.165, 1.54) is 7.11 Å². The minimum Gasteiger partial charge on any atom is -0.466 e. The number of ether oxygens (including phenoxy) is 2. The van der Waals surface area contributed by atoms with Gasteiger partial charge in [-0.05, 0) is 25.3 Å². The number of nitrogens with zero attached hydrogens (tertiary/aromatic N) is 1. The Balaban J connectivity index is 1.98. The van der Waals surface area contributed by atoms with Gasteiger partial charge in [0.05, 0.1) is 32.0 Å². The van der Waals surface area contributed by atoms with Gasteiger partial charge in [-0.15, -0.1) is 6.58 Å². The highest BCUT2D eigenvalue weighted by atomic mass is 16.5. The van der Waals surface area contributed by atoms with Crippen molar-refractivity contribution >= 4 is 11.8 Å². The van der Waals surface area contributed by atoms with Crippen molar-refractivity contribution < 1.29 is 24.2 Å². The minimum absolute atomic E-state index is 0.0421. The predicted molar refractivity (Wildman–Crippen MR) is 109 cm³/mol. The van der Waals surface area contributed by atoms with Gasteiger partial charge in [-0.1, -0.05) is 36.4 Å². The molecule has 0 spiro atoms. The molecule has 1 aromatic rings. The van der Waals surface area contributed by atoms with E-state index < -0.39 is 11.5 Å². The van der Waals surface area contributed by atoms with E-state index >= 15 is 0 Å². The quantitative estimate of drug-likeness (QED) is 0.411. The first kappa shape index (κ1) is 21.4. The summed E-state index contributed by atoms with van der Waals surface area (Å²) in [4.78, 5) is 27.4. The van der Waals surface area contributed by atoms with E-state index in [0.717, 1.165) is 5.56 Å². The number of β-amino-alcohol motifs (C(OH)–C–C–N with tert-alkyl or cyclic N) is 1. The summed E-state index contributed by atoms with van der Waals surface area (Å²) in [5.74, 6) is -0.554. The van der Waals surface area contributed by atoms with Crippen LogP contribution in [0.2, 0.25) is 0 Å². The smallest absolute Gasteiger partial charge is 0.333 e. The normalized spacial score (nSPS) is 28.3. The Hall–Kier alpha value is -2.28. The first-order valence-electron chi connectivity index (χ1n) is 9.94. The molecule has 0 radical (unpaired) electrons. The number of carbonyl (C=O) groups excluding carboxylic acids is 2. The number of benzene rings is 1. The summed E-state index contributed by atoms with van der Waals surface area (Å²) in [6.45, 7) is 6.32. The molecule has 2 fully saturated rings. The second-order valence-electron chi connectivity index (χ2n) is 7.68. The lowest BCUT2D eigenvalue weighted by Crippen LogP contribution is -2.58. The Labute approximate surface area is 171 Å². The zero-order chi connectivity index (χ0) is 21.0. The van der Waals surface area contributed by atoms with Gasteiger partial charge in [-0.2, -0.15) is 0 Å². The fourth-order valence-electron chi connectivity index (χ4n) is 4.87.